The predicted molar refractivity (Wildman–Crippen MR) is 101 cm³/mol. The molecule has 120 valence electrons. The summed E-state index contributed by atoms with van der Waals surface area (Å²) in [6.07, 6.45) is 1.67. The molecule has 0 bridgehead atoms. The van der Waals surface area contributed by atoms with Crippen LogP contribution in [-0.2, 0) is 13.0 Å². The maximum Gasteiger partial charge on any atom is 0.262 e. The van der Waals surface area contributed by atoms with Crippen molar-refractivity contribution in [2.45, 2.75) is 19.4 Å². The second-order valence-electron chi connectivity index (χ2n) is 5.61. The minimum atomic E-state index is -0.0290. The van der Waals surface area contributed by atoms with Crippen molar-refractivity contribution in [3.05, 3.63) is 68.7 Å². The number of aryl methyl sites for hydroxylation is 1. The van der Waals surface area contributed by atoms with Crippen LogP contribution in [-0.4, -0.2) is 14.5 Å². The number of aromatic amines is 1. The van der Waals surface area contributed by atoms with Crippen LogP contribution in [0.4, 0.5) is 0 Å². The third-order valence-corrected chi connectivity index (χ3v) is 5.42. The summed E-state index contributed by atoms with van der Waals surface area (Å²) in [5, 5.41) is 1.77. The number of nitrogens with one attached hydrogen (secondary N) is 1. The first kappa shape index (κ1) is 15.2. The van der Waals surface area contributed by atoms with E-state index in [1.807, 2.05) is 42.5 Å². The van der Waals surface area contributed by atoms with Crippen molar-refractivity contribution < 1.29 is 0 Å². The zero-order valence-corrected chi connectivity index (χ0v) is 14.5. The molecule has 24 heavy (non-hydrogen) atoms. The van der Waals surface area contributed by atoms with Crippen molar-refractivity contribution in [3.63, 3.8) is 0 Å². The van der Waals surface area contributed by atoms with Crippen LogP contribution in [0.2, 0.25) is 0 Å². The Balaban J connectivity index is 1.56. The van der Waals surface area contributed by atoms with Gasteiger partial charge in [-0.05, 0) is 42.9 Å². The lowest BCUT2D eigenvalue weighted by Crippen LogP contribution is -2.22. The minimum absolute atomic E-state index is 0.0290. The van der Waals surface area contributed by atoms with Crippen LogP contribution in [0.3, 0.4) is 0 Å². The lowest BCUT2D eigenvalue weighted by Gasteiger charge is -2.07. The van der Waals surface area contributed by atoms with Crippen LogP contribution in [0.1, 0.15) is 11.4 Å². The van der Waals surface area contributed by atoms with Gasteiger partial charge in [0.1, 0.15) is 0 Å². The Kier molecular flexibility index (Phi) is 4.00. The first-order valence-electron chi connectivity index (χ1n) is 7.79. The van der Waals surface area contributed by atoms with E-state index in [9.17, 15) is 4.79 Å². The highest BCUT2D eigenvalue weighted by Gasteiger charge is 2.07. The average molecular weight is 353 g/mol. The molecule has 0 radical (unpaired) electrons. The predicted octanol–water partition coefficient (Wildman–Crippen LogP) is 4.30. The van der Waals surface area contributed by atoms with E-state index in [2.05, 4.69) is 16.0 Å². The molecule has 0 fully saturated rings. The third-order valence-electron chi connectivity index (χ3n) is 4.00. The van der Waals surface area contributed by atoms with Crippen molar-refractivity contribution in [1.82, 2.24) is 14.5 Å². The fraction of sp³-hybridized carbons (Fsp3) is 0.167. The molecule has 0 aliphatic rings. The Morgan fingerprint density at radius 2 is 1.92 bits per heavy atom. The molecule has 2 aromatic carbocycles. The number of hydrogen-bond donors (Lipinski definition) is 1. The fourth-order valence-corrected chi connectivity index (χ4v) is 4.11. The van der Waals surface area contributed by atoms with Gasteiger partial charge in [-0.1, -0.05) is 24.3 Å². The zero-order chi connectivity index (χ0) is 16.5. The van der Waals surface area contributed by atoms with Crippen LogP contribution >= 0.6 is 23.6 Å². The van der Waals surface area contributed by atoms with Crippen LogP contribution in [0.25, 0.3) is 21.1 Å². The number of aromatic nitrogens is 3. The van der Waals surface area contributed by atoms with Gasteiger partial charge in [-0.15, -0.1) is 11.3 Å². The quantitative estimate of drug-likeness (QED) is 0.557. The van der Waals surface area contributed by atoms with Crippen molar-refractivity contribution >= 4 is 44.7 Å². The van der Waals surface area contributed by atoms with E-state index in [1.54, 1.807) is 15.9 Å². The SMILES string of the molecule is O=c1c2ccccc2[nH]c(=S)n1CCCc1nc2ccccc2s1. The molecule has 1 N–H and O–H groups in total. The number of thiazole rings is 1. The molecular weight excluding hydrogens is 338 g/mol. The number of hydrogen-bond acceptors (Lipinski definition) is 4. The molecule has 0 saturated heterocycles. The summed E-state index contributed by atoms with van der Waals surface area (Å²) in [5.41, 5.74) is 1.80. The highest BCUT2D eigenvalue weighted by molar-refractivity contribution is 7.71. The van der Waals surface area contributed by atoms with Gasteiger partial charge < -0.3 is 4.98 Å². The fourth-order valence-electron chi connectivity index (χ4n) is 2.82. The van der Waals surface area contributed by atoms with Gasteiger partial charge >= 0.3 is 0 Å². The summed E-state index contributed by atoms with van der Waals surface area (Å²) in [5.74, 6) is 0. The molecule has 4 aromatic rings. The first-order chi connectivity index (χ1) is 11.7. The maximum absolute atomic E-state index is 12.6. The number of fused-ring (bicyclic) bond motifs is 2. The molecule has 0 aliphatic carbocycles. The summed E-state index contributed by atoms with van der Waals surface area (Å²) in [6.45, 7) is 0.592. The Morgan fingerprint density at radius 3 is 2.79 bits per heavy atom. The molecule has 2 aromatic heterocycles. The van der Waals surface area contributed by atoms with Gasteiger partial charge in [0, 0.05) is 13.0 Å². The van der Waals surface area contributed by atoms with Crippen molar-refractivity contribution in [2.24, 2.45) is 0 Å². The van der Waals surface area contributed by atoms with E-state index in [0.717, 1.165) is 28.9 Å². The monoisotopic (exact) mass is 353 g/mol. The maximum atomic E-state index is 12.6. The minimum Gasteiger partial charge on any atom is -0.332 e. The smallest absolute Gasteiger partial charge is 0.262 e. The Hall–Kier alpha value is -2.31. The summed E-state index contributed by atoms with van der Waals surface area (Å²) >= 11 is 7.05. The van der Waals surface area contributed by atoms with Gasteiger partial charge in [-0.2, -0.15) is 0 Å². The molecule has 0 atom stereocenters. The normalized spacial score (nSPS) is 11.3. The molecule has 0 unspecified atom stereocenters. The lowest BCUT2D eigenvalue weighted by atomic mass is 10.2. The van der Waals surface area contributed by atoms with Gasteiger partial charge in [0.15, 0.2) is 4.77 Å². The van der Waals surface area contributed by atoms with Crippen LogP contribution in [0, 0.1) is 4.77 Å². The van der Waals surface area contributed by atoms with Crippen LogP contribution in [0.15, 0.2) is 53.3 Å². The van der Waals surface area contributed by atoms with Gasteiger partial charge in [-0.25, -0.2) is 4.98 Å². The van der Waals surface area contributed by atoms with E-state index in [-0.39, 0.29) is 5.56 Å². The topological polar surface area (TPSA) is 50.7 Å². The molecular formula is C18H15N3OS2. The van der Waals surface area contributed by atoms with Crippen molar-refractivity contribution in [3.8, 4) is 0 Å². The molecule has 6 heteroatoms. The summed E-state index contributed by atoms with van der Waals surface area (Å²) in [4.78, 5) is 20.4. The average Bonchev–Trinajstić information content (AvgIpc) is 3.00. The van der Waals surface area contributed by atoms with E-state index in [4.69, 9.17) is 12.2 Å². The number of nitrogens with zero attached hydrogens (tertiary/aromatic N) is 2. The van der Waals surface area contributed by atoms with Gasteiger partial charge in [0.05, 0.1) is 26.1 Å². The number of rotatable bonds is 4. The second-order valence-corrected chi connectivity index (χ2v) is 7.11. The van der Waals surface area contributed by atoms with Gasteiger partial charge in [-0.3, -0.25) is 9.36 Å². The van der Waals surface area contributed by atoms with E-state index >= 15 is 0 Å². The van der Waals surface area contributed by atoms with E-state index in [1.165, 1.54) is 4.70 Å². The van der Waals surface area contributed by atoms with Crippen LogP contribution < -0.4 is 5.56 Å². The summed E-state index contributed by atoms with van der Waals surface area (Å²) in [6, 6.07) is 15.6. The molecule has 0 amide bonds. The Labute approximate surface area is 147 Å². The summed E-state index contributed by atoms with van der Waals surface area (Å²) < 4.78 is 3.32. The standard InChI is InChI=1S/C18H15N3OS2/c22-17-12-6-1-2-7-13(12)20-18(23)21(17)11-5-10-16-19-14-8-3-4-9-15(14)24-16/h1-4,6-9H,5,10-11H2,(H,20,23). The van der Waals surface area contributed by atoms with E-state index < -0.39 is 0 Å². The molecule has 4 nitrogen and oxygen atoms in total. The molecule has 4 rings (SSSR count). The van der Waals surface area contributed by atoms with Gasteiger partial charge in [0.2, 0.25) is 0 Å². The number of H-pyrrole nitrogens is 1. The Morgan fingerprint density at radius 1 is 1.12 bits per heavy atom. The zero-order valence-electron chi connectivity index (χ0n) is 12.9. The highest BCUT2D eigenvalue weighted by Crippen LogP contribution is 2.22. The van der Waals surface area contributed by atoms with Crippen molar-refractivity contribution in [1.29, 1.82) is 0 Å². The molecule has 0 saturated carbocycles. The largest absolute Gasteiger partial charge is 0.332 e. The second kappa shape index (κ2) is 6.30. The van der Waals surface area contributed by atoms with Crippen molar-refractivity contribution in [2.75, 3.05) is 0 Å². The number of benzene rings is 2. The first-order valence-corrected chi connectivity index (χ1v) is 9.01. The Bertz CT molecular complexity index is 1110. The lowest BCUT2D eigenvalue weighted by molar-refractivity contribution is 0.609. The summed E-state index contributed by atoms with van der Waals surface area (Å²) in [7, 11) is 0. The molecule has 2 heterocycles. The highest BCUT2D eigenvalue weighted by atomic mass is 32.1. The van der Waals surface area contributed by atoms with Gasteiger partial charge in [0.25, 0.3) is 5.56 Å². The number of para-hydroxylation sites is 2. The molecule has 0 spiro atoms. The third kappa shape index (κ3) is 2.79. The van der Waals surface area contributed by atoms with E-state index in [0.29, 0.717) is 16.7 Å². The molecule has 0 aliphatic heterocycles. The van der Waals surface area contributed by atoms with Crippen LogP contribution in [0.5, 0.6) is 0 Å².